The highest BCUT2D eigenvalue weighted by Crippen LogP contribution is 2.19. The number of carbonyl (C=O) groups excluding carboxylic acids is 1. The Balaban J connectivity index is 1.27. The van der Waals surface area contributed by atoms with E-state index in [0.29, 0.717) is 25.3 Å². The van der Waals surface area contributed by atoms with Gasteiger partial charge in [0.05, 0.1) is 6.61 Å². The number of nitrogens with zero attached hydrogens (tertiary/aromatic N) is 6. The van der Waals surface area contributed by atoms with Gasteiger partial charge in [-0.05, 0) is 49.9 Å². The maximum atomic E-state index is 12.9. The molecule has 172 valence electrons. The van der Waals surface area contributed by atoms with Crippen molar-refractivity contribution in [1.29, 1.82) is 0 Å². The number of amides is 1. The van der Waals surface area contributed by atoms with Gasteiger partial charge in [-0.25, -0.2) is 0 Å². The third-order valence-electron chi connectivity index (χ3n) is 6.22. The SMILES string of the molecule is CCCCOc1ccc(C(=O)N2CCN(c3ccc(N4CCN(C)CC4)nn3)CC2)cc1. The predicted octanol–water partition coefficient (Wildman–Crippen LogP) is 2.37. The third-order valence-corrected chi connectivity index (χ3v) is 6.22. The molecule has 0 radical (unpaired) electrons. The first kappa shape index (κ1) is 22.3. The van der Waals surface area contributed by atoms with Crippen LogP contribution in [0.15, 0.2) is 36.4 Å². The monoisotopic (exact) mass is 438 g/mol. The molecule has 1 aromatic heterocycles. The second-order valence-corrected chi connectivity index (χ2v) is 8.55. The van der Waals surface area contributed by atoms with E-state index >= 15 is 0 Å². The number of benzene rings is 1. The van der Waals surface area contributed by atoms with Gasteiger partial charge in [-0.2, -0.15) is 0 Å². The van der Waals surface area contributed by atoms with Crippen molar-refractivity contribution in [3.05, 3.63) is 42.0 Å². The molecule has 2 fully saturated rings. The Morgan fingerprint density at radius 1 is 0.844 bits per heavy atom. The summed E-state index contributed by atoms with van der Waals surface area (Å²) < 4.78 is 5.69. The first-order chi connectivity index (χ1) is 15.6. The van der Waals surface area contributed by atoms with Crippen molar-refractivity contribution in [3.8, 4) is 5.75 Å². The number of hydrogen-bond donors (Lipinski definition) is 0. The number of carbonyl (C=O) groups is 1. The van der Waals surface area contributed by atoms with Gasteiger partial charge in [-0.3, -0.25) is 4.79 Å². The summed E-state index contributed by atoms with van der Waals surface area (Å²) in [6.07, 6.45) is 2.14. The van der Waals surface area contributed by atoms with Gasteiger partial charge in [0.1, 0.15) is 5.75 Å². The molecule has 0 N–H and O–H groups in total. The van der Waals surface area contributed by atoms with Crippen LogP contribution in [0.1, 0.15) is 30.1 Å². The van der Waals surface area contributed by atoms with Crippen LogP contribution in [0.3, 0.4) is 0 Å². The molecule has 0 bridgehead atoms. The van der Waals surface area contributed by atoms with Crippen LogP contribution in [-0.4, -0.2) is 91.9 Å². The lowest BCUT2D eigenvalue weighted by Crippen LogP contribution is -2.49. The average molecular weight is 439 g/mol. The molecular weight excluding hydrogens is 404 g/mol. The Morgan fingerprint density at radius 3 is 1.94 bits per heavy atom. The topological polar surface area (TPSA) is 65.0 Å². The summed E-state index contributed by atoms with van der Waals surface area (Å²) in [5.41, 5.74) is 0.706. The van der Waals surface area contributed by atoms with Gasteiger partial charge >= 0.3 is 0 Å². The van der Waals surface area contributed by atoms with Gasteiger partial charge in [0.25, 0.3) is 5.91 Å². The summed E-state index contributed by atoms with van der Waals surface area (Å²) in [7, 11) is 2.15. The quantitative estimate of drug-likeness (QED) is 0.615. The third kappa shape index (κ3) is 5.48. The van der Waals surface area contributed by atoms with E-state index in [0.717, 1.165) is 69.5 Å². The minimum Gasteiger partial charge on any atom is -0.494 e. The first-order valence-electron chi connectivity index (χ1n) is 11.7. The van der Waals surface area contributed by atoms with Gasteiger partial charge < -0.3 is 24.3 Å². The van der Waals surface area contributed by atoms with E-state index in [1.54, 1.807) is 0 Å². The second-order valence-electron chi connectivity index (χ2n) is 8.55. The summed E-state index contributed by atoms with van der Waals surface area (Å²) in [4.78, 5) is 21.6. The molecule has 2 saturated heterocycles. The fourth-order valence-electron chi connectivity index (χ4n) is 4.04. The van der Waals surface area contributed by atoms with Crippen molar-refractivity contribution in [2.45, 2.75) is 19.8 Å². The van der Waals surface area contributed by atoms with E-state index in [9.17, 15) is 4.79 Å². The summed E-state index contributed by atoms with van der Waals surface area (Å²) in [6, 6.07) is 11.6. The smallest absolute Gasteiger partial charge is 0.253 e. The van der Waals surface area contributed by atoms with Gasteiger partial charge in [-0.1, -0.05) is 13.3 Å². The van der Waals surface area contributed by atoms with Crippen molar-refractivity contribution < 1.29 is 9.53 Å². The van der Waals surface area contributed by atoms with Crippen molar-refractivity contribution in [1.82, 2.24) is 20.0 Å². The van der Waals surface area contributed by atoms with Crippen molar-refractivity contribution in [2.24, 2.45) is 0 Å². The number of rotatable bonds is 7. The highest BCUT2D eigenvalue weighted by atomic mass is 16.5. The lowest BCUT2D eigenvalue weighted by molar-refractivity contribution is 0.0746. The second kappa shape index (κ2) is 10.6. The number of likely N-dealkylation sites (N-methyl/N-ethyl adjacent to an activating group) is 1. The fraction of sp³-hybridized carbons (Fsp3) is 0.542. The average Bonchev–Trinajstić information content (AvgIpc) is 2.85. The Morgan fingerprint density at radius 2 is 1.41 bits per heavy atom. The van der Waals surface area contributed by atoms with Gasteiger partial charge in [0, 0.05) is 57.9 Å². The number of aromatic nitrogens is 2. The van der Waals surface area contributed by atoms with E-state index in [2.05, 4.69) is 51.0 Å². The van der Waals surface area contributed by atoms with Crippen LogP contribution < -0.4 is 14.5 Å². The predicted molar refractivity (Wildman–Crippen MR) is 127 cm³/mol. The normalized spacial score (nSPS) is 17.5. The van der Waals surface area contributed by atoms with Gasteiger partial charge in [0.15, 0.2) is 11.6 Å². The number of ether oxygens (including phenoxy) is 1. The molecule has 8 heteroatoms. The molecular formula is C24H34N6O2. The van der Waals surface area contributed by atoms with Crippen LogP contribution in [0.4, 0.5) is 11.6 Å². The van der Waals surface area contributed by atoms with Crippen LogP contribution in [0.5, 0.6) is 5.75 Å². The standard InChI is InChI=1S/C24H34N6O2/c1-3-4-19-32-21-7-5-20(6-8-21)24(31)30-17-15-29(16-18-30)23-10-9-22(25-26-23)28-13-11-27(2)12-14-28/h5-10H,3-4,11-19H2,1-2H3. The minimum absolute atomic E-state index is 0.0706. The van der Waals surface area contributed by atoms with Gasteiger partial charge in [0.2, 0.25) is 0 Å². The Labute approximate surface area is 190 Å². The van der Waals surface area contributed by atoms with Crippen LogP contribution >= 0.6 is 0 Å². The molecule has 0 aliphatic carbocycles. The highest BCUT2D eigenvalue weighted by molar-refractivity contribution is 5.94. The molecule has 0 saturated carbocycles. The van der Waals surface area contributed by atoms with E-state index in [1.165, 1.54) is 0 Å². The molecule has 4 rings (SSSR count). The van der Waals surface area contributed by atoms with Crippen LogP contribution in [0, 0.1) is 0 Å². The Bertz CT molecular complexity index is 857. The largest absolute Gasteiger partial charge is 0.494 e. The van der Waals surface area contributed by atoms with E-state index in [4.69, 9.17) is 4.74 Å². The zero-order chi connectivity index (χ0) is 22.3. The van der Waals surface area contributed by atoms with E-state index < -0.39 is 0 Å². The summed E-state index contributed by atoms with van der Waals surface area (Å²) in [5, 5.41) is 8.93. The summed E-state index contributed by atoms with van der Waals surface area (Å²) in [5.74, 6) is 2.71. The maximum Gasteiger partial charge on any atom is 0.253 e. The molecule has 0 unspecified atom stereocenters. The molecule has 1 aromatic carbocycles. The van der Waals surface area contributed by atoms with Gasteiger partial charge in [-0.15, -0.1) is 10.2 Å². The first-order valence-corrected chi connectivity index (χ1v) is 11.7. The lowest BCUT2D eigenvalue weighted by atomic mass is 10.1. The molecule has 32 heavy (non-hydrogen) atoms. The molecule has 2 aliphatic rings. The zero-order valence-corrected chi connectivity index (χ0v) is 19.2. The van der Waals surface area contributed by atoms with Crippen LogP contribution in [0.2, 0.25) is 0 Å². The summed E-state index contributed by atoms with van der Waals surface area (Å²) >= 11 is 0. The molecule has 2 aromatic rings. The molecule has 0 spiro atoms. The van der Waals surface area contributed by atoms with Crippen LogP contribution in [0.25, 0.3) is 0 Å². The van der Waals surface area contributed by atoms with E-state index in [1.807, 2.05) is 29.2 Å². The molecule has 8 nitrogen and oxygen atoms in total. The minimum atomic E-state index is 0.0706. The molecule has 1 amide bonds. The Kier molecular flexibility index (Phi) is 7.42. The van der Waals surface area contributed by atoms with Crippen molar-refractivity contribution >= 4 is 17.5 Å². The van der Waals surface area contributed by atoms with E-state index in [-0.39, 0.29) is 5.91 Å². The van der Waals surface area contributed by atoms with Crippen molar-refractivity contribution in [3.63, 3.8) is 0 Å². The number of unbranched alkanes of at least 4 members (excludes halogenated alkanes) is 1. The molecule has 2 aliphatic heterocycles. The Hall–Kier alpha value is -2.87. The molecule has 0 atom stereocenters. The highest BCUT2D eigenvalue weighted by Gasteiger charge is 2.23. The zero-order valence-electron chi connectivity index (χ0n) is 19.2. The maximum absolute atomic E-state index is 12.9. The number of hydrogen-bond acceptors (Lipinski definition) is 7. The fourth-order valence-corrected chi connectivity index (χ4v) is 4.04. The van der Waals surface area contributed by atoms with Crippen LogP contribution in [-0.2, 0) is 0 Å². The number of piperazine rings is 2. The molecule has 3 heterocycles. The summed E-state index contributed by atoms with van der Waals surface area (Å²) in [6.45, 7) is 9.78. The van der Waals surface area contributed by atoms with Crippen molar-refractivity contribution in [2.75, 3.05) is 75.8 Å². The lowest BCUT2D eigenvalue weighted by Gasteiger charge is -2.36. The number of anilines is 2.